The monoisotopic (exact) mass is 279 g/mol. The maximum atomic E-state index is 12.0. The highest BCUT2D eigenvalue weighted by Gasteiger charge is 2.22. The molecule has 2 aromatic carbocycles. The molecule has 106 valence electrons. The number of fused-ring (bicyclic) bond motifs is 1. The van der Waals surface area contributed by atoms with E-state index >= 15 is 0 Å². The maximum Gasteiger partial charge on any atom is 0.168 e. The molecule has 0 atom stereocenters. The SMILES string of the molecule is CC(=Nc1cccc2ccccc12)C1=C(O)CCCC1=O. The van der Waals surface area contributed by atoms with Crippen LogP contribution in [-0.2, 0) is 4.79 Å². The molecule has 0 saturated carbocycles. The summed E-state index contributed by atoms with van der Waals surface area (Å²) in [6, 6.07) is 13.9. The van der Waals surface area contributed by atoms with Gasteiger partial charge in [0.2, 0.25) is 0 Å². The second-order valence-electron chi connectivity index (χ2n) is 5.29. The number of hydrogen-bond donors (Lipinski definition) is 1. The van der Waals surface area contributed by atoms with Crippen LogP contribution in [0.15, 0.2) is 58.8 Å². The Labute approximate surface area is 123 Å². The van der Waals surface area contributed by atoms with Crippen LogP contribution in [-0.4, -0.2) is 16.6 Å². The summed E-state index contributed by atoms with van der Waals surface area (Å²) in [5.74, 6) is 0.160. The van der Waals surface area contributed by atoms with Crippen LogP contribution >= 0.6 is 0 Å². The smallest absolute Gasteiger partial charge is 0.168 e. The Morgan fingerprint density at radius 3 is 2.67 bits per heavy atom. The van der Waals surface area contributed by atoms with Crippen LogP contribution in [0, 0.1) is 0 Å². The minimum absolute atomic E-state index is 0.0137. The number of nitrogens with zero attached hydrogens (tertiary/aromatic N) is 1. The molecule has 3 heteroatoms. The first-order valence-electron chi connectivity index (χ1n) is 7.15. The number of Topliss-reactive ketones (excluding diaryl/α,β-unsaturated/α-hetero) is 1. The lowest BCUT2D eigenvalue weighted by atomic mass is 9.93. The summed E-state index contributed by atoms with van der Waals surface area (Å²) in [4.78, 5) is 16.6. The van der Waals surface area contributed by atoms with Crippen molar-refractivity contribution in [3.63, 3.8) is 0 Å². The van der Waals surface area contributed by atoms with E-state index in [0.29, 0.717) is 24.1 Å². The predicted octanol–water partition coefficient (Wildman–Crippen LogP) is 4.50. The lowest BCUT2D eigenvalue weighted by Gasteiger charge is -2.15. The minimum Gasteiger partial charge on any atom is -0.511 e. The van der Waals surface area contributed by atoms with Crippen LogP contribution in [0.1, 0.15) is 26.2 Å². The molecule has 0 aliphatic heterocycles. The predicted molar refractivity (Wildman–Crippen MR) is 85.2 cm³/mol. The van der Waals surface area contributed by atoms with Crippen molar-refractivity contribution in [2.24, 2.45) is 4.99 Å². The van der Waals surface area contributed by atoms with Gasteiger partial charge in [0.25, 0.3) is 0 Å². The third kappa shape index (κ3) is 2.59. The van der Waals surface area contributed by atoms with Gasteiger partial charge in [-0.2, -0.15) is 0 Å². The number of aliphatic imine (C=N–C) groups is 1. The summed E-state index contributed by atoms with van der Waals surface area (Å²) < 4.78 is 0. The van der Waals surface area contributed by atoms with Crippen LogP contribution in [0.2, 0.25) is 0 Å². The fraction of sp³-hybridized carbons (Fsp3) is 0.222. The zero-order chi connectivity index (χ0) is 14.8. The van der Waals surface area contributed by atoms with Gasteiger partial charge in [-0.1, -0.05) is 36.4 Å². The van der Waals surface area contributed by atoms with Gasteiger partial charge in [0.1, 0.15) is 5.76 Å². The van der Waals surface area contributed by atoms with Crippen LogP contribution in [0.3, 0.4) is 0 Å². The van der Waals surface area contributed by atoms with Crippen LogP contribution in [0.4, 0.5) is 5.69 Å². The molecule has 0 amide bonds. The number of carbonyl (C=O) groups excluding carboxylic acids is 1. The van der Waals surface area contributed by atoms with Gasteiger partial charge < -0.3 is 5.11 Å². The summed E-state index contributed by atoms with van der Waals surface area (Å²) in [6.45, 7) is 1.79. The van der Waals surface area contributed by atoms with Crippen molar-refractivity contribution in [2.45, 2.75) is 26.2 Å². The van der Waals surface area contributed by atoms with Gasteiger partial charge in [0.05, 0.1) is 17.0 Å². The van der Waals surface area contributed by atoms with Crippen LogP contribution in [0.25, 0.3) is 10.8 Å². The summed E-state index contributed by atoms with van der Waals surface area (Å²) in [5.41, 5.74) is 1.81. The second kappa shape index (κ2) is 5.52. The van der Waals surface area contributed by atoms with Gasteiger partial charge in [0.15, 0.2) is 5.78 Å². The zero-order valence-electron chi connectivity index (χ0n) is 12.0. The quantitative estimate of drug-likeness (QED) is 0.823. The normalized spacial score (nSPS) is 16.6. The fourth-order valence-corrected chi connectivity index (χ4v) is 2.78. The number of carbonyl (C=O) groups is 1. The molecule has 21 heavy (non-hydrogen) atoms. The van der Waals surface area contributed by atoms with Crippen molar-refractivity contribution in [1.82, 2.24) is 0 Å². The number of aliphatic hydroxyl groups is 1. The molecule has 0 bridgehead atoms. The number of rotatable bonds is 2. The molecule has 1 aliphatic rings. The molecule has 0 aromatic heterocycles. The number of aliphatic hydroxyl groups excluding tert-OH is 1. The van der Waals surface area contributed by atoms with E-state index in [0.717, 1.165) is 22.9 Å². The first-order chi connectivity index (χ1) is 10.2. The Bertz CT molecular complexity index is 766. The molecule has 3 rings (SSSR count). The molecule has 0 unspecified atom stereocenters. The summed E-state index contributed by atoms with van der Waals surface area (Å²) in [6.07, 6.45) is 1.76. The molecular weight excluding hydrogens is 262 g/mol. The van der Waals surface area contributed by atoms with E-state index < -0.39 is 0 Å². The molecule has 0 saturated heterocycles. The van der Waals surface area contributed by atoms with Crippen LogP contribution in [0.5, 0.6) is 0 Å². The van der Waals surface area contributed by atoms with Crippen molar-refractivity contribution >= 4 is 28.0 Å². The van der Waals surface area contributed by atoms with Crippen LogP contribution < -0.4 is 0 Å². The Hall–Kier alpha value is -2.42. The largest absolute Gasteiger partial charge is 0.511 e. The number of hydrogen-bond acceptors (Lipinski definition) is 3. The van der Waals surface area contributed by atoms with Crippen molar-refractivity contribution in [1.29, 1.82) is 0 Å². The summed E-state index contributed by atoms with van der Waals surface area (Å²) in [7, 11) is 0. The van der Waals surface area contributed by atoms with E-state index in [9.17, 15) is 9.90 Å². The summed E-state index contributed by atoms with van der Waals surface area (Å²) in [5, 5.41) is 12.1. The van der Waals surface area contributed by atoms with Crippen molar-refractivity contribution in [2.75, 3.05) is 0 Å². The molecular formula is C18H17NO2. The molecule has 0 heterocycles. The van der Waals surface area contributed by atoms with Gasteiger partial charge in [-0.15, -0.1) is 0 Å². The highest BCUT2D eigenvalue weighted by Crippen LogP contribution is 2.28. The van der Waals surface area contributed by atoms with Gasteiger partial charge in [-0.25, -0.2) is 0 Å². The maximum absolute atomic E-state index is 12.0. The minimum atomic E-state index is -0.0137. The Kier molecular flexibility index (Phi) is 3.57. The van der Waals surface area contributed by atoms with Gasteiger partial charge in [0, 0.05) is 18.2 Å². The highest BCUT2D eigenvalue weighted by atomic mass is 16.3. The molecule has 0 fully saturated rings. The number of benzene rings is 2. The van der Waals surface area contributed by atoms with E-state index in [4.69, 9.17) is 0 Å². The van der Waals surface area contributed by atoms with E-state index in [-0.39, 0.29) is 11.5 Å². The molecule has 1 N–H and O–H groups in total. The molecule has 3 nitrogen and oxygen atoms in total. The Morgan fingerprint density at radius 1 is 1.10 bits per heavy atom. The van der Waals surface area contributed by atoms with Gasteiger partial charge >= 0.3 is 0 Å². The topological polar surface area (TPSA) is 49.7 Å². The zero-order valence-corrected chi connectivity index (χ0v) is 12.0. The first-order valence-corrected chi connectivity index (χ1v) is 7.15. The lowest BCUT2D eigenvalue weighted by molar-refractivity contribution is -0.115. The van der Waals surface area contributed by atoms with Crippen molar-refractivity contribution in [3.8, 4) is 0 Å². The van der Waals surface area contributed by atoms with Crippen molar-refractivity contribution in [3.05, 3.63) is 53.8 Å². The average Bonchev–Trinajstić information content (AvgIpc) is 2.47. The average molecular weight is 279 g/mol. The third-order valence-electron chi connectivity index (χ3n) is 3.80. The molecule has 1 aliphatic carbocycles. The highest BCUT2D eigenvalue weighted by molar-refractivity contribution is 6.23. The lowest BCUT2D eigenvalue weighted by Crippen LogP contribution is -2.17. The van der Waals surface area contributed by atoms with E-state index in [2.05, 4.69) is 4.99 Å². The van der Waals surface area contributed by atoms with E-state index in [1.807, 2.05) is 42.5 Å². The third-order valence-corrected chi connectivity index (χ3v) is 3.80. The molecule has 2 aromatic rings. The standard InChI is InChI=1S/C18H17NO2/c1-12(18-16(20)10-5-11-17(18)21)19-15-9-4-7-13-6-2-3-8-14(13)15/h2-4,6-9,20H,5,10-11H2,1H3. The number of allylic oxidation sites excluding steroid dienone is 2. The summed E-state index contributed by atoms with van der Waals surface area (Å²) >= 11 is 0. The Balaban J connectivity index is 2.10. The number of ketones is 1. The van der Waals surface area contributed by atoms with E-state index in [1.165, 1.54) is 0 Å². The Morgan fingerprint density at radius 2 is 1.86 bits per heavy atom. The second-order valence-corrected chi connectivity index (χ2v) is 5.29. The molecule has 0 radical (unpaired) electrons. The van der Waals surface area contributed by atoms with E-state index in [1.54, 1.807) is 6.92 Å². The first kappa shape index (κ1) is 13.6. The van der Waals surface area contributed by atoms with Gasteiger partial charge in [-0.3, -0.25) is 9.79 Å². The molecule has 0 spiro atoms. The fourth-order valence-electron chi connectivity index (χ4n) is 2.78. The van der Waals surface area contributed by atoms with Crippen molar-refractivity contribution < 1.29 is 9.90 Å². The van der Waals surface area contributed by atoms with Gasteiger partial charge in [-0.05, 0) is 24.8 Å².